The van der Waals surface area contributed by atoms with E-state index in [-0.39, 0.29) is 6.71 Å². The van der Waals surface area contributed by atoms with Crippen LogP contribution >= 0.6 is 0 Å². The normalized spacial score (nSPS) is 16.2. The number of rotatable bonds is 4. The second-order valence-electron chi connectivity index (χ2n) is 12.8. The molecule has 5 aliphatic heterocycles. The Morgan fingerprint density at radius 2 is 0.923 bits per heavy atom. The van der Waals surface area contributed by atoms with Crippen molar-refractivity contribution in [2.75, 3.05) is 4.90 Å². The van der Waals surface area contributed by atoms with E-state index in [1.165, 1.54) is 29.3 Å². The number of hydrogen-bond acceptors (Lipinski definition) is 8. The van der Waals surface area contributed by atoms with Crippen molar-refractivity contribution in [1.29, 1.82) is 0 Å². The summed E-state index contributed by atoms with van der Waals surface area (Å²) >= 11 is -0.738. The first-order valence-electron chi connectivity index (χ1n) is 17.1. The molecule has 8 nitrogen and oxygen atoms in total. The van der Waals surface area contributed by atoms with Gasteiger partial charge in [-0.3, -0.25) is 0 Å². The van der Waals surface area contributed by atoms with Gasteiger partial charge in [-0.25, -0.2) is 0 Å². The third kappa shape index (κ3) is 4.62. The van der Waals surface area contributed by atoms with E-state index in [1.807, 2.05) is 60.7 Å². The second-order valence-corrected chi connectivity index (χ2v) is 15.9. The molecule has 0 N–H and O–H groups in total. The quantitative estimate of drug-likeness (QED) is 0.254. The third-order valence-electron chi connectivity index (χ3n) is 9.76. The Kier molecular flexibility index (Phi) is 6.63. The van der Waals surface area contributed by atoms with Gasteiger partial charge < -0.3 is 0 Å². The van der Waals surface area contributed by atoms with Crippen molar-refractivity contribution in [3.63, 3.8) is 0 Å². The number of hydrogen-bond donors (Lipinski definition) is 0. The molecule has 6 aromatic carbocycles. The van der Waals surface area contributed by atoms with Crippen LogP contribution in [0.25, 0.3) is 0 Å². The fraction of sp³-hybridized carbons (Fsp3) is 0. The maximum atomic E-state index is 5.15. The molecule has 11 rings (SSSR count). The standard InChI is InChI=1S/C42H25BN8Te/c1-4-14-26(15-5-1)37-44-40-45-38(27-16-6-2-7-17-27)47-42-49-39(48-41(46-37)51(40)42)28-24-33-36-35(25-28)52-34-23-13-11-21-31(34)43(36)30-20-10-12-22-32(30)50(33)29-18-8-3-9-19-29/h1-25H. The first kappa shape index (κ1) is 29.5. The van der Waals surface area contributed by atoms with E-state index in [2.05, 4.69) is 95.9 Å². The van der Waals surface area contributed by atoms with Gasteiger partial charge >= 0.3 is 312 Å². The van der Waals surface area contributed by atoms with E-state index in [1.54, 1.807) is 4.90 Å². The molecule has 0 bridgehead atoms. The Balaban J connectivity index is 1.14. The van der Waals surface area contributed by atoms with Crippen LogP contribution < -0.4 is 28.5 Å². The molecule has 0 unspecified atom stereocenters. The molecule has 5 heterocycles. The number of nitrogens with zero attached hydrogens (tertiary/aromatic N) is 8. The van der Waals surface area contributed by atoms with Crippen LogP contribution in [0.5, 0.6) is 0 Å². The topological polar surface area (TPSA) is 80.6 Å². The van der Waals surface area contributed by atoms with Crippen LogP contribution in [0, 0.1) is 0 Å². The Morgan fingerprint density at radius 3 is 1.56 bits per heavy atom. The van der Waals surface area contributed by atoms with Crippen LogP contribution in [-0.4, -0.2) is 67.9 Å². The molecule has 0 aromatic heterocycles. The number of guanidine groups is 3. The summed E-state index contributed by atoms with van der Waals surface area (Å²) in [6.45, 7) is 0.142. The van der Waals surface area contributed by atoms with Gasteiger partial charge in [0, 0.05) is 0 Å². The van der Waals surface area contributed by atoms with Gasteiger partial charge in [0.25, 0.3) is 0 Å². The van der Waals surface area contributed by atoms with Crippen LogP contribution in [0.15, 0.2) is 182 Å². The van der Waals surface area contributed by atoms with Crippen molar-refractivity contribution in [1.82, 2.24) is 4.90 Å². The molecule has 5 aliphatic rings. The Labute approximate surface area is 310 Å². The molecule has 52 heavy (non-hydrogen) atoms. The molecule has 0 radical (unpaired) electrons. The minimum atomic E-state index is -0.738. The first-order chi connectivity index (χ1) is 25.8. The van der Waals surface area contributed by atoms with Gasteiger partial charge in [-0.15, -0.1) is 0 Å². The molecule has 242 valence electrons. The fourth-order valence-corrected chi connectivity index (χ4v) is 10.9. The molecular formula is C42H25BN8Te. The SMILES string of the molecule is c1ccc(C2=NC3=NC(c4ccccc4)=NC4=NC(c5cc6c7c(c5)N(c5ccccc5)c5ccccc5B7c5ccccc5[Te]6)=NC(=N2)N34)cc1. The predicted molar refractivity (Wildman–Crippen MR) is 214 cm³/mol. The summed E-state index contributed by atoms with van der Waals surface area (Å²) in [6.07, 6.45) is 0. The predicted octanol–water partition coefficient (Wildman–Crippen LogP) is 4.01. The number of benzene rings is 6. The van der Waals surface area contributed by atoms with Crippen molar-refractivity contribution in [2.45, 2.75) is 0 Å². The monoisotopic (exact) mass is 782 g/mol. The fourth-order valence-electron chi connectivity index (χ4n) is 7.48. The molecule has 6 aromatic rings. The van der Waals surface area contributed by atoms with Crippen LogP contribution in [0.3, 0.4) is 0 Å². The summed E-state index contributed by atoms with van der Waals surface area (Å²) in [7, 11) is 0. The first-order valence-corrected chi connectivity index (χ1v) is 19.4. The van der Waals surface area contributed by atoms with Crippen LogP contribution in [0.1, 0.15) is 16.7 Å². The van der Waals surface area contributed by atoms with E-state index >= 15 is 0 Å². The summed E-state index contributed by atoms with van der Waals surface area (Å²) in [4.78, 5) is 34.2. The van der Waals surface area contributed by atoms with Crippen molar-refractivity contribution in [3.8, 4) is 0 Å². The van der Waals surface area contributed by atoms with Crippen molar-refractivity contribution >= 4 is 104 Å². The Bertz CT molecular complexity index is 2630. The molecule has 0 spiro atoms. The zero-order valence-corrected chi connectivity index (χ0v) is 29.8. The van der Waals surface area contributed by atoms with E-state index in [4.69, 9.17) is 30.0 Å². The summed E-state index contributed by atoms with van der Waals surface area (Å²) in [5.41, 5.74) is 10.3. The number of amidine groups is 3. The molecule has 10 heteroatoms. The van der Waals surface area contributed by atoms with Crippen LogP contribution in [0.4, 0.5) is 17.1 Å². The van der Waals surface area contributed by atoms with Crippen LogP contribution in [0.2, 0.25) is 0 Å². The van der Waals surface area contributed by atoms with Crippen molar-refractivity contribution < 1.29 is 0 Å². The molecule has 0 fully saturated rings. The summed E-state index contributed by atoms with van der Waals surface area (Å²) < 4.78 is 2.85. The van der Waals surface area contributed by atoms with E-state index in [9.17, 15) is 0 Å². The molecule has 0 saturated heterocycles. The Hall–Kier alpha value is -6.21. The van der Waals surface area contributed by atoms with E-state index in [0.717, 1.165) is 28.1 Å². The average molecular weight is 780 g/mol. The molecule has 0 aliphatic carbocycles. The number of fused-ring (bicyclic) bond motifs is 4. The number of anilines is 3. The summed E-state index contributed by atoms with van der Waals surface area (Å²) in [6, 6.07) is 53.0. The summed E-state index contributed by atoms with van der Waals surface area (Å²) in [5, 5.41) is 0. The van der Waals surface area contributed by atoms with Gasteiger partial charge in [0.05, 0.1) is 0 Å². The second kappa shape index (κ2) is 11.7. The van der Waals surface area contributed by atoms with Gasteiger partial charge in [0.15, 0.2) is 0 Å². The van der Waals surface area contributed by atoms with Gasteiger partial charge in [0.2, 0.25) is 0 Å². The zero-order chi connectivity index (χ0) is 34.2. The maximum absolute atomic E-state index is 5.15. The van der Waals surface area contributed by atoms with Crippen LogP contribution in [-0.2, 0) is 0 Å². The Morgan fingerprint density at radius 1 is 0.404 bits per heavy atom. The van der Waals surface area contributed by atoms with Gasteiger partial charge in [-0.1, -0.05) is 0 Å². The minimum absolute atomic E-state index is 0.142. The van der Waals surface area contributed by atoms with Gasteiger partial charge in [-0.05, 0) is 0 Å². The van der Waals surface area contributed by atoms with E-state index < -0.39 is 20.9 Å². The summed E-state index contributed by atoms with van der Waals surface area (Å²) in [5.74, 6) is 2.98. The zero-order valence-electron chi connectivity index (χ0n) is 27.5. The van der Waals surface area contributed by atoms with Gasteiger partial charge in [0.1, 0.15) is 0 Å². The molecular weight excluding hydrogens is 755 g/mol. The van der Waals surface area contributed by atoms with E-state index in [0.29, 0.717) is 35.4 Å². The number of para-hydroxylation sites is 2. The molecule has 0 amide bonds. The van der Waals surface area contributed by atoms with Gasteiger partial charge in [-0.2, -0.15) is 0 Å². The van der Waals surface area contributed by atoms with Crippen molar-refractivity contribution in [2.24, 2.45) is 30.0 Å². The van der Waals surface area contributed by atoms with Crippen molar-refractivity contribution in [3.05, 3.63) is 168 Å². The molecule has 0 saturated carbocycles. The number of aliphatic imine (C=N–C) groups is 6. The average Bonchev–Trinajstić information content (AvgIpc) is 3.21. The third-order valence-corrected chi connectivity index (χ3v) is 13.0. The molecule has 0 atom stereocenters.